The molecular formula is C17H11N3O. The quantitative estimate of drug-likeness (QED) is 0.802. The Hall–Kier alpha value is -2.88. The predicted molar refractivity (Wildman–Crippen MR) is 84.0 cm³/mol. The summed E-state index contributed by atoms with van der Waals surface area (Å²) in [6.45, 7) is 0. The molecular weight excluding hydrogens is 262 g/mol. The summed E-state index contributed by atoms with van der Waals surface area (Å²) in [5, 5.41) is 1.93. The highest BCUT2D eigenvalue weighted by Gasteiger charge is 2.34. The number of hydrogen-bond acceptors (Lipinski definition) is 3. The fourth-order valence-electron chi connectivity index (χ4n) is 3.27. The van der Waals surface area contributed by atoms with Gasteiger partial charge < -0.3 is 4.98 Å². The molecule has 100 valence electrons. The number of nitrogens with one attached hydrogen (secondary N) is 1. The number of hydrogen-bond donors (Lipinski definition) is 1. The summed E-state index contributed by atoms with van der Waals surface area (Å²) < 4.78 is 0. The number of nitrogens with zero attached hydrogens (tertiary/aromatic N) is 2. The van der Waals surface area contributed by atoms with Crippen LogP contribution in [0.2, 0.25) is 0 Å². The molecule has 0 spiro atoms. The number of pyridine rings is 1. The first-order valence-corrected chi connectivity index (χ1v) is 6.92. The van der Waals surface area contributed by atoms with Crippen LogP contribution in [-0.2, 0) is 0 Å². The van der Waals surface area contributed by atoms with Crippen molar-refractivity contribution in [2.45, 2.75) is 0 Å². The zero-order valence-corrected chi connectivity index (χ0v) is 11.1. The maximum absolute atomic E-state index is 11.9. The SMILES string of the molecule is O=c1cc2cccc3c2c([nH]1)N1C=C2C=CC=CC2C1=N3. The molecule has 0 fully saturated rings. The van der Waals surface area contributed by atoms with Crippen LogP contribution in [0.25, 0.3) is 10.8 Å². The fourth-order valence-corrected chi connectivity index (χ4v) is 3.27. The van der Waals surface area contributed by atoms with Gasteiger partial charge in [0.1, 0.15) is 11.7 Å². The lowest BCUT2D eigenvalue weighted by Crippen LogP contribution is -2.29. The van der Waals surface area contributed by atoms with Crippen molar-refractivity contribution in [3.8, 4) is 0 Å². The molecule has 1 aromatic heterocycles. The van der Waals surface area contributed by atoms with Gasteiger partial charge in [0.05, 0.1) is 11.6 Å². The number of benzene rings is 1. The molecule has 1 aliphatic carbocycles. The van der Waals surface area contributed by atoms with Crippen LogP contribution in [0.1, 0.15) is 0 Å². The van der Waals surface area contributed by atoms with E-state index in [-0.39, 0.29) is 11.5 Å². The summed E-state index contributed by atoms with van der Waals surface area (Å²) >= 11 is 0. The van der Waals surface area contributed by atoms with Crippen molar-refractivity contribution in [2.75, 3.05) is 4.90 Å². The van der Waals surface area contributed by atoms with Crippen LogP contribution < -0.4 is 10.5 Å². The Balaban J connectivity index is 1.88. The Bertz CT molecular complexity index is 975. The van der Waals surface area contributed by atoms with E-state index in [1.807, 2.05) is 35.3 Å². The van der Waals surface area contributed by atoms with Crippen LogP contribution in [-0.4, -0.2) is 10.8 Å². The molecule has 3 heterocycles. The monoisotopic (exact) mass is 273 g/mol. The lowest BCUT2D eigenvalue weighted by atomic mass is 9.96. The van der Waals surface area contributed by atoms with Gasteiger partial charge >= 0.3 is 0 Å². The van der Waals surface area contributed by atoms with Crippen LogP contribution in [0.3, 0.4) is 0 Å². The summed E-state index contributed by atoms with van der Waals surface area (Å²) in [5.74, 6) is 1.94. The van der Waals surface area contributed by atoms with E-state index >= 15 is 0 Å². The molecule has 4 heteroatoms. The van der Waals surface area contributed by atoms with Crippen LogP contribution >= 0.6 is 0 Å². The Morgan fingerprint density at radius 2 is 2.19 bits per heavy atom. The average Bonchev–Trinajstić information content (AvgIpc) is 2.86. The van der Waals surface area contributed by atoms with Gasteiger partial charge in [0.15, 0.2) is 0 Å². The second-order valence-electron chi connectivity index (χ2n) is 5.41. The smallest absolute Gasteiger partial charge is 0.250 e. The van der Waals surface area contributed by atoms with E-state index < -0.39 is 0 Å². The summed E-state index contributed by atoms with van der Waals surface area (Å²) in [5.41, 5.74) is 2.03. The number of allylic oxidation sites excluding steroid dienone is 3. The highest BCUT2D eigenvalue weighted by molar-refractivity contribution is 6.17. The molecule has 0 bridgehead atoms. The molecule has 3 aliphatic rings. The number of H-pyrrole nitrogens is 1. The number of fused-ring (bicyclic) bond motifs is 4. The predicted octanol–water partition coefficient (Wildman–Crippen LogP) is 3.02. The summed E-state index contributed by atoms with van der Waals surface area (Å²) in [6.07, 6.45) is 10.4. The third kappa shape index (κ3) is 1.34. The topological polar surface area (TPSA) is 48.5 Å². The average molecular weight is 273 g/mol. The first-order valence-electron chi connectivity index (χ1n) is 6.92. The van der Waals surface area contributed by atoms with Gasteiger partial charge in [-0.05, 0) is 17.0 Å². The minimum absolute atomic E-state index is 0.0877. The van der Waals surface area contributed by atoms with E-state index in [2.05, 4.69) is 23.3 Å². The standard InChI is InChI=1S/C17H11N3O/c21-14-8-10-5-3-7-13-15(10)17(19-14)20-9-11-4-1-2-6-12(11)16(20)18-13/h1-9,12H,(H,19,21). The maximum Gasteiger partial charge on any atom is 0.250 e. The van der Waals surface area contributed by atoms with Crippen molar-refractivity contribution < 1.29 is 0 Å². The lowest BCUT2D eigenvalue weighted by molar-refractivity contribution is 1.06. The first-order chi connectivity index (χ1) is 10.3. The molecule has 2 aliphatic heterocycles. The number of aromatic nitrogens is 1. The Kier molecular flexibility index (Phi) is 1.86. The minimum Gasteiger partial charge on any atom is -0.308 e. The second-order valence-corrected chi connectivity index (χ2v) is 5.41. The van der Waals surface area contributed by atoms with Crippen LogP contribution in [0.4, 0.5) is 11.5 Å². The summed E-state index contributed by atoms with van der Waals surface area (Å²) in [6, 6.07) is 7.52. The number of amidine groups is 1. The number of aromatic amines is 1. The van der Waals surface area contributed by atoms with Gasteiger partial charge in [-0.3, -0.25) is 9.69 Å². The summed E-state index contributed by atoms with van der Waals surface area (Å²) in [7, 11) is 0. The highest BCUT2D eigenvalue weighted by Crippen LogP contribution is 2.42. The molecule has 1 atom stereocenters. The number of aliphatic imine (C=N–C) groups is 1. The molecule has 1 aromatic carbocycles. The van der Waals surface area contributed by atoms with Crippen molar-refractivity contribution in [2.24, 2.45) is 10.9 Å². The van der Waals surface area contributed by atoms with E-state index in [1.165, 1.54) is 5.57 Å². The Labute approximate surface area is 120 Å². The minimum atomic E-state index is -0.0877. The molecule has 1 N–H and O–H groups in total. The van der Waals surface area contributed by atoms with Crippen LogP contribution in [0.15, 0.2) is 70.1 Å². The Morgan fingerprint density at radius 3 is 3.14 bits per heavy atom. The zero-order chi connectivity index (χ0) is 14.0. The normalized spacial score (nSPS) is 21.1. The molecule has 0 saturated heterocycles. The van der Waals surface area contributed by atoms with Crippen molar-refractivity contribution >= 4 is 28.1 Å². The highest BCUT2D eigenvalue weighted by atomic mass is 16.1. The largest absolute Gasteiger partial charge is 0.308 e. The van der Waals surface area contributed by atoms with Crippen molar-refractivity contribution in [3.05, 3.63) is 70.7 Å². The van der Waals surface area contributed by atoms with Gasteiger partial charge in [0.2, 0.25) is 5.56 Å². The van der Waals surface area contributed by atoms with Crippen molar-refractivity contribution in [3.63, 3.8) is 0 Å². The van der Waals surface area contributed by atoms with Gasteiger partial charge in [0.25, 0.3) is 0 Å². The zero-order valence-electron chi connectivity index (χ0n) is 11.1. The summed E-state index contributed by atoms with van der Waals surface area (Å²) in [4.78, 5) is 21.7. The van der Waals surface area contributed by atoms with Gasteiger partial charge in [-0.1, -0.05) is 36.4 Å². The number of anilines is 1. The van der Waals surface area contributed by atoms with Gasteiger partial charge in [-0.25, -0.2) is 4.99 Å². The van der Waals surface area contributed by atoms with Crippen LogP contribution in [0, 0.1) is 5.92 Å². The van der Waals surface area contributed by atoms with Gasteiger partial charge in [-0.2, -0.15) is 0 Å². The van der Waals surface area contributed by atoms with Crippen molar-refractivity contribution in [1.82, 2.24) is 4.98 Å². The van der Waals surface area contributed by atoms with Gasteiger partial charge in [0, 0.05) is 17.7 Å². The van der Waals surface area contributed by atoms with E-state index in [9.17, 15) is 4.79 Å². The maximum atomic E-state index is 11.9. The molecule has 0 amide bonds. The molecule has 0 saturated carbocycles. The molecule has 1 unspecified atom stereocenters. The third-order valence-electron chi connectivity index (χ3n) is 4.18. The lowest BCUT2D eigenvalue weighted by Gasteiger charge is -2.25. The Morgan fingerprint density at radius 1 is 1.24 bits per heavy atom. The van der Waals surface area contributed by atoms with E-state index in [0.717, 1.165) is 28.1 Å². The van der Waals surface area contributed by atoms with Crippen LogP contribution in [0.5, 0.6) is 0 Å². The molecule has 21 heavy (non-hydrogen) atoms. The molecule has 5 rings (SSSR count). The van der Waals surface area contributed by atoms with Gasteiger partial charge in [-0.15, -0.1) is 0 Å². The van der Waals surface area contributed by atoms with E-state index in [1.54, 1.807) is 6.07 Å². The molecule has 2 aromatic rings. The molecule has 4 nitrogen and oxygen atoms in total. The first kappa shape index (κ1) is 10.9. The van der Waals surface area contributed by atoms with E-state index in [4.69, 9.17) is 4.99 Å². The second kappa shape index (κ2) is 3.61. The number of rotatable bonds is 0. The fraction of sp³-hybridized carbons (Fsp3) is 0.0588. The third-order valence-corrected chi connectivity index (χ3v) is 4.18. The van der Waals surface area contributed by atoms with Crippen molar-refractivity contribution in [1.29, 1.82) is 0 Å². The van der Waals surface area contributed by atoms with E-state index in [0.29, 0.717) is 0 Å². The molecule has 0 radical (unpaired) electrons.